The first kappa shape index (κ1) is 13.7. The van der Waals surface area contributed by atoms with E-state index in [1.807, 2.05) is 0 Å². The number of nitrogens with one attached hydrogen (secondary N) is 1. The molecule has 3 heteroatoms. The van der Waals surface area contributed by atoms with E-state index in [0.717, 1.165) is 11.3 Å². The lowest BCUT2D eigenvalue weighted by Gasteiger charge is -2.46. The third-order valence-corrected chi connectivity index (χ3v) is 6.20. The molecule has 3 atom stereocenters. The van der Waals surface area contributed by atoms with E-state index in [1.54, 1.807) is 0 Å². The van der Waals surface area contributed by atoms with Gasteiger partial charge in [-0.2, -0.15) is 11.8 Å². The molecule has 0 saturated carbocycles. The number of hydrogen-bond acceptors (Lipinski definition) is 3. The maximum absolute atomic E-state index is 3.61. The van der Waals surface area contributed by atoms with Crippen molar-refractivity contribution < 1.29 is 0 Å². The van der Waals surface area contributed by atoms with E-state index >= 15 is 0 Å². The van der Waals surface area contributed by atoms with E-state index in [9.17, 15) is 0 Å². The summed E-state index contributed by atoms with van der Waals surface area (Å²) in [4.78, 5) is 2.75. The number of rotatable bonds is 3. The molecule has 2 fully saturated rings. The van der Waals surface area contributed by atoms with Gasteiger partial charge in [-0.3, -0.25) is 4.90 Å². The summed E-state index contributed by atoms with van der Waals surface area (Å²) in [5.41, 5.74) is 0.550. The Bertz CT molecular complexity index is 238. The third kappa shape index (κ3) is 3.18. The molecule has 0 spiro atoms. The summed E-state index contributed by atoms with van der Waals surface area (Å²) in [6, 6.07) is 0.749. The van der Waals surface area contributed by atoms with E-state index in [2.05, 4.69) is 42.7 Å². The van der Waals surface area contributed by atoms with Gasteiger partial charge in [0.1, 0.15) is 0 Å². The monoisotopic (exact) mass is 256 g/mol. The van der Waals surface area contributed by atoms with E-state index in [1.165, 1.54) is 51.2 Å². The van der Waals surface area contributed by atoms with Crippen molar-refractivity contribution in [2.24, 2.45) is 5.41 Å². The summed E-state index contributed by atoms with van der Waals surface area (Å²) in [5, 5.41) is 4.41. The van der Waals surface area contributed by atoms with E-state index in [0.29, 0.717) is 5.41 Å². The molecular weight excluding hydrogens is 228 g/mol. The number of thioether (sulfide) groups is 1. The molecule has 0 aromatic heterocycles. The van der Waals surface area contributed by atoms with Crippen LogP contribution in [0, 0.1) is 5.41 Å². The highest BCUT2D eigenvalue weighted by atomic mass is 32.2. The molecule has 0 radical (unpaired) electrons. The highest BCUT2D eigenvalue weighted by molar-refractivity contribution is 8.00. The number of piperidine rings is 1. The van der Waals surface area contributed by atoms with Gasteiger partial charge in [0, 0.05) is 36.7 Å². The molecule has 1 N–H and O–H groups in total. The van der Waals surface area contributed by atoms with Crippen LogP contribution in [0.2, 0.25) is 0 Å². The summed E-state index contributed by atoms with van der Waals surface area (Å²) in [5.74, 6) is 1.32. The summed E-state index contributed by atoms with van der Waals surface area (Å²) < 4.78 is 0. The predicted molar refractivity (Wildman–Crippen MR) is 77.8 cm³/mol. The Morgan fingerprint density at radius 3 is 2.88 bits per heavy atom. The normalized spacial score (nSPS) is 40.4. The smallest absolute Gasteiger partial charge is 0.0184 e. The molecule has 2 heterocycles. The Kier molecular flexibility index (Phi) is 4.79. The molecule has 3 unspecified atom stereocenters. The van der Waals surface area contributed by atoms with E-state index in [4.69, 9.17) is 0 Å². The minimum absolute atomic E-state index is 0.550. The SMILES string of the molecule is CCC1(CN2CCSC(C)C2C)CCCNC1. The number of hydrogen-bond donors (Lipinski definition) is 1. The van der Waals surface area contributed by atoms with Crippen LogP contribution in [0.25, 0.3) is 0 Å². The second-order valence-electron chi connectivity index (χ2n) is 5.92. The number of nitrogens with zero attached hydrogens (tertiary/aromatic N) is 1. The molecule has 2 rings (SSSR count). The lowest BCUT2D eigenvalue weighted by Crippen LogP contribution is -2.53. The van der Waals surface area contributed by atoms with Gasteiger partial charge in [-0.25, -0.2) is 0 Å². The Morgan fingerprint density at radius 1 is 1.41 bits per heavy atom. The van der Waals surface area contributed by atoms with Crippen molar-refractivity contribution in [1.29, 1.82) is 0 Å². The van der Waals surface area contributed by atoms with Gasteiger partial charge < -0.3 is 5.32 Å². The molecule has 2 nitrogen and oxygen atoms in total. The minimum atomic E-state index is 0.550. The fourth-order valence-electron chi connectivity index (χ4n) is 3.23. The zero-order chi connectivity index (χ0) is 12.3. The lowest BCUT2D eigenvalue weighted by molar-refractivity contribution is 0.0885. The van der Waals surface area contributed by atoms with Crippen LogP contribution in [-0.4, -0.2) is 48.1 Å². The molecule has 0 aromatic rings. The van der Waals surface area contributed by atoms with Gasteiger partial charge in [-0.1, -0.05) is 13.8 Å². The highest BCUT2D eigenvalue weighted by Crippen LogP contribution is 2.34. The van der Waals surface area contributed by atoms with Crippen molar-refractivity contribution in [3.05, 3.63) is 0 Å². The van der Waals surface area contributed by atoms with Crippen molar-refractivity contribution in [3.8, 4) is 0 Å². The van der Waals surface area contributed by atoms with Crippen LogP contribution in [-0.2, 0) is 0 Å². The van der Waals surface area contributed by atoms with E-state index < -0.39 is 0 Å². The molecular formula is C14H28N2S. The Hall–Kier alpha value is 0.270. The first-order valence-corrected chi connectivity index (χ1v) is 8.28. The molecule has 0 amide bonds. The molecule has 2 saturated heterocycles. The van der Waals surface area contributed by atoms with Gasteiger partial charge in [-0.05, 0) is 38.1 Å². The topological polar surface area (TPSA) is 15.3 Å². The van der Waals surface area contributed by atoms with Crippen molar-refractivity contribution >= 4 is 11.8 Å². The lowest BCUT2D eigenvalue weighted by atomic mass is 9.77. The average Bonchev–Trinajstić information content (AvgIpc) is 2.36. The highest BCUT2D eigenvalue weighted by Gasteiger charge is 2.35. The predicted octanol–water partition coefficient (Wildman–Crippen LogP) is 2.59. The standard InChI is InChI=1S/C14H28N2S/c1-4-14(6-5-7-15-10-14)11-16-8-9-17-13(3)12(16)2/h12-13,15H,4-11H2,1-3H3. The van der Waals surface area contributed by atoms with E-state index in [-0.39, 0.29) is 0 Å². The maximum atomic E-state index is 3.61. The summed E-state index contributed by atoms with van der Waals surface area (Å²) >= 11 is 2.14. The van der Waals surface area contributed by atoms with Crippen LogP contribution in [0.5, 0.6) is 0 Å². The zero-order valence-electron chi connectivity index (χ0n) is 11.7. The second kappa shape index (κ2) is 5.94. The van der Waals surface area contributed by atoms with Crippen LogP contribution in [0.3, 0.4) is 0 Å². The van der Waals surface area contributed by atoms with Crippen molar-refractivity contribution in [1.82, 2.24) is 10.2 Å². The Morgan fingerprint density at radius 2 is 2.24 bits per heavy atom. The van der Waals surface area contributed by atoms with Gasteiger partial charge in [0.05, 0.1) is 0 Å². The van der Waals surface area contributed by atoms with Gasteiger partial charge in [0.15, 0.2) is 0 Å². The average molecular weight is 256 g/mol. The second-order valence-corrected chi connectivity index (χ2v) is 7.41. The summed E-state index contributed by atoms with van der Waals surface area (Å²) in [6.07, 6.45) is 4.10. The van der Waals surface area contributed by atoms with Gasteiger partial charge in [0.25, 0.3) is 0 Å². The molecule has 0 aromatic carbocycles. The molecule has 0 bridgehead atoms. The van der Waals surface area contributed by atoms with Crippen molar-refractivity contribution in [3.63, 3.8) is 0 Å². The molecule has 0 aliphatic carbocycles. The third-order valence-electron chi connectivity index (χ3n) is 4.86. The van der Waals surface area contributed by atoms with Gasteiger partial charge in [0.2, 0.25) is 0 Å². The molecule has 17 heavy (non-hydrogen) atoms. The van der Waals surface area contributed by atoms with Crippen LogP contribution >= 0.6 is 11.8 Å². The quantitative estimate of drug-likeness (QED) is 0.835. The fourth-order valence-corrected chi connectivity index (χ4v) is 4.39. The van der Waals surface area contributed by atoms with Crippen LogP contribution < -0.4 is 5.32 Å². The zero-order valence-corrected chi connectivity index (χ0v) is 12.5. The summed E-state index contributed by atoms with van der Waals surface area (Å²) in [7, 11) is 0. The minimum Gasteiger partial charge on any atom is -0.316 e. The maximum Gasteiger partial charge on any atom is 0.0184 e. The van der Waals surface area contributed by atoms with Crippen LogP contribution in [0.4, 0.5) is 0 Å². The Labute approximate surface area is 111 Å². The molecule has 100 valence electrons. The van der Waals surface area contributed by atoms with Gasteiger partial charge in [-0.15, -0.1) is 0 Å². The summed E-state index contributed by atoms with van der Waals surface area (Å²) in [6.45, 7) is 12.2. The Balaban J connectivity index is 1.97. The first-order chi connectivity index (χ1) is 8.17. The first-order valence-electron chi connectivity index (χ1n) is 7.23. The van der Waals surface area contributed by atoms with Gasteiger partial charge >= 0.3 is 0 Å². The van der Waals surface area contributed by atoms with Crippen LogP contribution in [0.15, 0.2) is 0 Å². The fraction of sp³-hybridized carbons (Fsp3) is 1.00. The molecule has 2 aliphatic rings. The largest absolute Gasteiger partial charge is 0.316 e. The van der Waals surface area contributed by atoms with Crippen LogP contribution in [0.1, 0.15) is 40.0 Å². The van der Waals surface area contributed by atoms with Crippen molar-refractivity contribution in [2.75, 3.05) is 31.9 Å². The molecule has 2 aliphatic heterocycles. The van der Waals surface area contributed by atoms with Crippen molar-refractivity contribution in [2.45, 2.75) is 51.3 Å².